The van der Waals surface area contributed by atoms with Crippen LogP contribution in [0.1, 0.15) is 18.4 Å². The van der Waals surface area contributed by atoms with E-state index in [9.17, 15) is 9.59 Å². The Labute approximate surface area is 129 Å². The number of halogens is 1. The van der Waals surface area contributed by atoms with Crippen LogP contribution in [0.15, 0.2) is 18.2 Å². The smallest absolute Gasteiger partial charge is 0.409 e. The van der Waals surface area contributed by atoms with Crippen LogP contribution in [0, 0.1) is 12.8 Å². The lowest BCUT2D eigenvalue weighted by atomic mass is 9.96. The number of ether oxygens (including phenoxy) is 1. The second kappa shape index (κ2) is 6.80. The van der Waals surface area contributed by atoms with Crippen LogP contribution in [0.25, 0.3) is 0 Å². The molecule has 1 saturated heterocycles. The molecule has 114 valence electrons. The van der Waals surface area contributed by atoms with E-state index in [0.29, 0.717) is 36.6 Å². The summed E-state index contributed by atoms with van der Waals surface area (Å²) in [5, 5.41) is 3.51. The maximum Gasteiger partial charge on any atom is 0.409 e. The minimum Gasteiger partial charge on any atom is -0.453 e. The molecule has 0 radical (unpaired) electrons. The van der Waals surface area contributed by atoms with E-state index in [1.165, 1.54) is 7.11 Å². The summed E-state index contributed by atoms with van der Waals surface area (Å²) in [6.07, 6.45) is 0.945. The van der Waals surface area contributed by atoms with Crippen molar-refractivity contribution in [2.75, 3.05) is 25.5 Å². The summed E-state index contributed by atoms with van der Waals surface area (Å²) >= 11 is 6.04. The Morgan fingerprint density at radius 3 is 2.57 bits per heavy atom. The maximum atomic E-state index is 12.2. The fourth-order valence-corrected chi connectivity index (χ4v) is 2.55. The van der Waals surface area contributed by atoms with E-state index in [1.54, 1.807) is 11.0 Å². The number of piperidine rings is 1. The summed E-state index contributed by atoms with van der Waals surface area (Å²) in [4.78, 5) is 25.2. The molecular formula is C15H19ClN2O3. The van der Waals surface area contributed by atoms with Gasteiger partial charge in [-0.05, 0) is 37.5 Å². The third kappa shape index (κ3) is 3.88. The molecule has 0 atom stereocenters. The molecule has 1 aliphatic heterocycles. The highest BCUT2D eigenvalue weighted by Gasteiger charge is 2.27. The van der Waals surface area contributed by atoms with Crippen molar-refractivity contribution in [2.24, 2.45) is 5.92 Å². The zero-order valence-electron chi connectivity index (χ0n) is 12.2. The molecule has 5 nitrogen and oxygen atoms in total. The second-order valence-corrected chi connectivity index (χ2v) is 5.59. The minimum absolute atomic E-state index is 0.0283. The van der Waals surface area contributed by atoms with Gasteiger partial charge in [0.1, 0.15) is 0 Å². The van der Waals surface area contributed by atoms with Crippen molar-refractivity contribution < 1.29 is 14.3 Å². The molecule has 1 aromatic rings. The van der Waals surface area contributed by atoms with Gasteiger partial charge in [-0.1, -0.05) is 17.7 Å². The molecule has 0 saturated carbocycles. The molecule has 2 amide bonds. The first-order chi connectivity index (χ1) is 10.0. The molecule has 1 fully saturated rings. The summed E-state index contributed by atoms with van der Waals surface area (Å²) in [6.45, 7) is 3.00. The normalized spacial score (nSPS) is 15.7. The van der Waals surface area contributed by atoms with Crippen molar-refractivity contribution in [3.63, 3.8) is 0 Å². The predicted octanol–water partition coefficient (Wildman–Crippen LogP) is 3.07. The van der Waals surface area contributed by atoms with Crippen molar-refractivity contribution in [1.82, 2.24) is 4.90 Å². The van der Waals surface area contributed by atoms with Gasteiger partial charge in [-0.2, -0.15) is 0 Å². The quantitative estimate of drug-likeness (QED) is 0.913. The van der Waals surface area contributed by atoms with Crippen LogP contribution >= 0.6 is 11.6 Å². The van der Waals surface area contributed by atoms with Crippen LogP contribution in [-0.4, -0.2) is 37.1 Å². The minimum atomic E-state index is -0.334. The first-order valence-corrected chi connectivity index (χ1v) is 7.29. The van der Waals surface area contributed by atoms with Gasteiger partial charge in [0.2, 0.25) is 5.91 Å². The lowest BCUT2D eigenvalue weighted by Gasteiger charge is -2.30. The van der Waals surface area contributed by atoms with Gasteiger partial charge in [-0.3, -0.25) is 4.79 Å². The largest absolute Gasteiger partial charge is 0.453 e. The number of amides is 2. The van der Waals surface area contributed by atoms with Gasteiger partial charge in [-0.25, -0.2) is 4.79 Å². The Kier molecular flexibility index (Phi) is 5.07. The van der Waals surface area contributed by atoms with E-state index in [4.69, 9.17) is 11.6 Å². The maximum absolute atomic E-state index is 12.2. The molecule has 6 heteroatoms. The Hall–Kier alpha value is -1.75. The average molecular weight is 311 g/mol. The number of hydrogen-bond acceptors (Lipinski definition) is 3. The number of nitrogens with zero attached hydrogens (tertiary/aromatic N) is 1. The highest BCUT2D eigenvalue weighted by Crippen LogP contribution is 2.23. The number of rotatable bonds is 2. The molecular weight excluding hydrogens is 292 g/mol. The highest BCUT2D eigenvalue weighted by atomic mass is 35.5. The molecule has 0 unspecified atom stereocenters. The Balaban J connectivity index is 1.90. The van der Waals surface area contributed by atoms with Crippen LogP contribution in [0.4, 0.5) is 10.5 Å². The van der Waals surface area contributed by atoms with Gasteiger partial charge in [0, 0.05) is 29.7 Å². The summed E-state index contributed by atoms with van der Waals surface area (Å²) in [5.41, 5.74) is 1.67. The lowest BCUT2D eigenvalue weighted by Crippen LogP contribution is -2.41. The lowest BCUT2D eigenvalue weighted by molar-refractivity contribution is -0.121. The number of likely N-dealkylation sites (tertiary alicyclic amines) is 1. The molecule has 0 bridgehead atoms. The molecule has 0 aromatic heterocycles. The zero-order chi connectivity index (χ0) is 15.4. The summed E-state index contributed by atoms with van der Waals surface area (Å²) in [6, 6.07) is 5.46. The number of aryl methyl sites for hydroxylation is 1. The van der Waals surface area contributed by atoms with Crippen molar-refractivity contribution >= 4 is 29.3 Å². The highest BCUT2D eigenvalue weighted by molar-refractivity contribution is 6.31. The Morgan fingerprint density at radius 2 is 2.00 bits per heavy atom. The zero-order valence-corrected chi connectivity index (χ0v) is 12.9. The molecule has 21 heavy (non-hydrogen) atoms. The standard InChI is InChI=1S/C15H19ClN2O3/c1-10-3-4-12(9-13(10)16)17-14(19)11-5-7-18(8-6-11)15(20)21-2/h3-4,9,11H,5-8H2,1-2H3,(H,17,19). The van der Waals surface area contributed by atoms with Crippen molar-refractivity contribution in [3.8, 4) is 0 Å². The number of anilines is 1. The molecule has 0 aliphatic carbocycles. The summed E-state index contributed by atoms with van der Waals surface area (Å²) in [5.74, 6) is -0.120. The number of carbonyl (C=O) groups excluding carboxylic acids is 2. The van der Waals surface area contributed by atoms with Gasteiger partial charge >= 0.3 is 6.09 Å². The SMILES string of the molecule is COC(=O)N1CCC(C(=O)Nc2ccc(C)c(Cl)c2)CC1. The summed E-state index contributed by atoms with van der Waals surface area (Å²) < 4.78 is 4.68. The number of nitrogens with one attached hydrogen (secondary N) is 1. The molecule has 1 N–H and O–H groups in total. The third-order valence-corrected chi connectivity index (χ3v) is 4.15. The van der Waals surface area contributed by atoms with Crippen molar-refractivity contribution in [2.45, 2.75) is 19.8 Å². The van der Waals surface area contributed by atoms with E-state index in [1.807, 2.05) is 19.1 Å². The first kappa shape index (κ1) is 15.6. The molecule has 1 heterocycles. The van der Waals surface area contributed by atoms with Crippen LogP contribution in [-0.2, 0) is 9.53 Å². The van der Waals surface area contributed by atoms with E-state index in [-0.39, 0.29) is 17.9 Å². The number of benzene rings is 1. The van der Waals surface area contributed by atoms with E-state index < -0.39 is 0 Å². The predicted molar refractivity (Wildman–Crippen MR) is 81.5 cm³/mol. The molecule has 0 spiro atoms. The van der Waals surface area contributed by atoms with E-state index >= 15 is 0 Å². The third-order valence-electron chi connectivity index (χ3n) is 3.74. The fourth-order valence-electron chi connectivity index (χ4n) is 2.37. The number of carbonyl (C=O) groups is 2. The topological polar surface area (TPSA) is 58.6 Å². The molecule has 2 rings (SSSR count). The van der Waals surface area contributed by atoms with E-state index in [2.05, 4.69) is 10.1 Å². The van der Waals surface area contributed by atoms with Gasteiger partial charge in [-0.15, -0.1) is 0 Å². The van der Waals surface area contributed by atoms with Gasteiger partial charge in [0.25, 0.3) is 0 Å². The van der Waals surface area contributed by atoms with Crippen LogP contribution in [0.2, 0.25) is 5.02 Å². The van der Waals surface area contributed by atoms with Crippen LogP contribution < -0.4 is 5.32 Å². The van der Waals surface area contributed by atoms with Crippen LogP contribution in [0.3, 0.4) is 0 Å². The molecule has 1 aromatic carbocycles. The Bertz CT molecular complexity index is 540. The summed E-state index contributed by atoms with van der Waals surface area (Å²) in [7, 11) is 1.36. The average Bonchev–Trinajstić information content (AvgIpc) is 2.50. The first-order valence-electron chi connectivity index (χ1n) is 6.91. The van der Waals surface area contributed by atoms with Crippen LogP contribution in [0.5, 0.6) is 0 Å². The monoisotopic (exact) mass is 310 g/mol. The van der Waals surface area contributed by atoms with Crippen molar-refractivity contribution in [1.29, 1.82) is 0 Å². The van der Waals surface area contributed by atoms with Gasteiger partial charge in [0.15, 0.2) is 0 Å². The molecule has 1 aliphatic rings. The van der Waals surface area contributed by atoms with Gasteiger partial charge in [0.05, 0.1) is 7.11 Å². The number of hydrogen-bond donors (Lipinski definition) is 1. The van der Waals surface area contributed by atoms with Gasteiger partial charge < -0.3 is 15.0 Å². The van der Waals surface area contributed by atoms with Crippen molar-refractivity contribution in [3.05, 3.63) is 28.8 Å². The fraction of sp³-hybridized carbons (Fsp3) is 0.467. The second-order valence-electron chi connectivity index (χ2n) is 5.18. The van der Waals surface area contributed by atoms with E-state index in [0.717, 1.165) is 5.56 Å². The number of methoxy groups -OCH3 is 1. The Morgan fingerprint density at radius 1 is 1.33 bits per heavy atom.